The molecule has 0 saturated carbocycles. The molecule has 31 heavy (non-hydrogen) atoms. The van der Waals surface area contributed by atoms with Crippen LogP contribution in [0.1, 0.15) is 17.3 Å². The Balaban J connectivity index is 1.37. The van der Waals surface area contributed by atoms with E-state index in [-0.39, 0.29) is 0 Å². The molecule has 0 fully saturated rings. The molecular formula is C21H20N4O5S. The second-order valence-corrected chi connectivity index (χ2v) is 7.28. The summed E-state index contributed by atoms with van der Waals surface area (Å²) in [4.78, 5) is 0. The van der Waals surface area contributed by atoms with Gasteiger partial charge < -0.3 is 23.0 Å². The second-order valence-electron chi connectivity index (χ2n) is 6.35. The van der Waals surface area contributed by atoms with E-state index < -0.39 is 0 Å². The Bertz CT molecular complexity index is 1160. The normalized spacial score (nSPS) is 10.8. The van der Waals surface area contributed by atoms with E-state index in [2.05, 4.69) is 20.4 Å². The van der Waals surface area contributed by atoms with Crippen molar-refractivity contribution in [2.75, 3.05) is 21.3 Å². The molecule has 0 aliphatic carbocycles. The summed E-state index contributed by atoms with van der Waals surface area (Å²) in [7, 11) is 4.81. The number of hydrogen-bond donors (Lipinski definition) is 0. The summed E-state index contributed by atoms with van der Waals surface area (Å²) in [5.74, 6) is 3.83. The lowest BCUT2D eigenvalue weighted by Gasteiger charge is -2.08. The molecule has 0 radical (unpaired) electrons. The Kier molecular flexibility index (Phi) is 6.37. The van der Waals surface area contributed by atoms with Gasteiger partial charge >= 0.3 is 0 Å². The zero-order valence-electron chi connectivity index (χ0n) is 17.2. The fourth-order valence-corrected chi connectivity index (χ4v) is 3.46. The Hall–Kier alpha value is -3.53. The minimum Gasteiger partial charge on any atom is -0.497 e. The van der Waals surface area contributed by atoms with Crippen LogP contribution < -0.4 is 14.2 Å². The first-order chi connectivity index (χ1) is 15.2. The second kappa shape index (κ2) is 9.52. The van der Waals surface area contributed by atoms with Crippen LogP contribution in [0.25, 0.3) is 11.5 Å². The number of rotatable bonds is 9. The van der Waals surface area contributed by atoms with Crippen molar-refractivity contribution in [3.63, 3.8) is 0 Å². The first-order valence-electron chi connectivity index (χ1n) is 9.31. The molecule has 0 unspecified atom stereocenters. The molecule has 10 heteroatoms. The number of ether oxygens (including phenoxy) is 3. The molecule has 9 nitrogen and oxygen atoms in total. The predicted octanol–water partition coefficient (Wildman–Crippen LogP) is 4.03. The number of aromatic nitrogens is 4. The summed E-state index contributed by atoms with van der Waals surface area (Å²) in [6.45, 7) is 0. The molecular weight excluding hydrogens is 420 g/mol. The highest BCUT2D eigenvalue weighted by molar-refractivity contribution is 7.98. The molecule has 0 saturated heterocycles. The van der Waals surface area contributed by atoms with Crippen molar-refractivity contribution in [1.82, 2.24) is 20.4 Å². The van der Waals surface area contributed by atoms with Crippen LogP contribution in [0.3, 0.4) is 0 Å². The molecule has 0 bridgehead atoms. The Morgan fingerprint density at radius 1 is 0.806 bits per heavy atom. The van der Waals surface area contributed by atoms with Crippen LogP contribution >= 0.6 is 11.8 Å². The van der Waals surface area contributed by atoms with Crippen LogP contribution in [0.15, 0.2) is 56.5 Å². The fourth-order valence-electron chi connectivity index (χ4n) is 2.84. The van der Waals surface area contributed by atoms with Crippen molar-refractivity contribution in [1.29, 1.82) is 0 Å². The molecule has 2 aromatic heterocycles. The van der Waals surface area contributed by atoms with Gasteiger partial charge in [-0.1, -0.05) is 23.9 Å². The van der Waals surface area contributed by atoms with Crippen molar-refractivity contribution in [3.8, 4) is 28.7 Å². The van der Waals surface area contributed by atoms with Crippen LogP contribution in [0.2, 0.25) is 0 Å². The summed E-state index contributed by atoms with van der Waals surface area (Å²) >= 11 is 1.33. The maximum absolute atomic E-state index is 5.73. The molecule has 0 N–H and O–H groups in total. The summed E-state index contributed by atoms with van der Waals surface area (Å²) in [5.41, 5.74) is 1.76. The highest BCUT2D eigenvalue weighted by atomic mass is 32.2. The molecule has 2 heterocycles. The quantitative estimate of drug-likeness (QED) is 0.354. The smallest absolute Gasteiger partial charge is 0.277 e. The van der Waals surface area contributed by atoms with Gasteiger partial charge in [0.05, 0.1) is 33.5 Å². The molecule has 0 atom stereocenters. The maximum atomic E-state index is 5.73. The lowest BCUT2D eigenvalue weighted by molar-refractivity contribution is 0.354. The lowest BCUT2D eigenvalue weighted by Crippen LogP contribution is -1.94. The van der Waals surface area contributed by atoms with Gasteiger partial charge in [0.1, 0.15) is 5.75 Å². The van der Waals surface area contributed by atoms with Crippen LogP contribution in [0.4, 0.5) is 0 Å². The first kappa shape index (κ1) is 20.7. The van der Waals surface area contributed by atoms with Gasteiger partial charge in [-0.25, -0.2) is 0 Å². The van der Waals surface area contributed by atoms with Gasteiger partial charge in [0.25, 0.3) is 5.22 Å². The van der Waals surface area contributed by atoms with Gasteiger partial charge in [-0.3, -0.25) is 0 Å². The molecule has 0 aliphatic heterocycles. The summed E-state index contributed by atoms with van der Waals surface area (Å²) in [5, 5.41) is 16.8. The van der Waals surface area contributed by atoms with Gasteiger partial charge in [0, 0.05) is 5.56 Å². The number of thioether (sulfide) groups is 1. The zero-order chi connectivity index (χ0) is 21.6. The van der Waals surface area contributed by atoms with E-state index in [1.54, 1.807) is 21.3 Å². The van der Waals surface area contributed by atoms with E-state index >= 15 is 0 Å². The molecule has 0 spiro atoms. The topological polar surface area (TPSA) is 106 Å². The van der Waals surface area contributed by atoms with Gasteiger partial charge in [0.15, 0.2) is 11.5 Å². The fraction of sp³-hybridized carbons (Fsp3) is 0.238. The Morgan fingerprint density at radius 3 is 2.45 bits per heavy atom. The van der Waals surface area contributed by atoms with E-state index in [1.807, 2.05) is 42.5 Å². The van der Waals surface area contributed by atoms with Crippen molar-refractivity contribution in [2.45, 2.75) is 17.4 Å². The third-order valence-electron chi connectivity index (χ3n) is 4.35. The Labute approximate surface area is 182 Å². The monoisotopic (exact) mass is 440 g/mol. The van der Waals surface area contributed by atoms with Crippen molar-refractivity contribution in [3.05, 3.63) is 59.8 Å². The van der Waals surface area contributed by atoms with Crippen LogP contribution in [-0.2, 0) is 12.2 Å². The molecule has 0 aliphatic rings. The van der Waals surface area contributed by atoms with E-state index in [0.29, 0.717) is 46.6 Å². The van der Waals surface area contributed by atoms with E-state index in [1.165, 1.54) is 11.8 Å². The van der Waals surface area contributed by atoms with E-state index in [0.717, 1.165) is 16.9 Å². The predicted molar refractivity (Wildman–Crippen MR) is 112 cm³/mol. The van der Waals surface area contributed by atoms with Crippen molar-refractivity contribution >= 4 is 11.8 Å². The highest BCUT2D eigenvalue weighted by Gasteiger charge is 2.14. The third-order valence-corrected chi connectivity index (χ3v) is 5.16. The van der Waals surface area contributed by atoms with Crippen molar-refractivity contribution in [2.24, 2.45) is 0 Å². The maximum Gasteiger partial charge on any atom is 0.277 e. The average Bonchev–Trinajstić information content (AvgIpc) is 3.47. The molecule has 2 aromatic carbocycles. The van der Waals surface area contributed by atoms with Gasteiger partial charge in [-0.2, -0.15) is 0 Å². The minimum atomic E-state index is 0.412. The van der Waals surface area contributed by atoms with Gasteiger partial charge in [-0.15, -0.1) is 20.4 Å². The number of hydrogen-bond acceptors (Lipinski definition) is 10. The molecule has 160 valence electrons. The summed E-state index contributed by atoms with van der Waals surface area (Å²) in [6, 6.07) is 13.1. The third kappa shape index (κ3) is 4.97. The van der Waals surface area contributed by atoms with Gasteiger partial charge in [-0.05, 0) is 35.9 Å². The van der Waals surface area contributed by atoms with Crippen LogP contribution in [0.5, 0.6) is 17.2 Å². The van der Waals surface area contributed by atoms with E-state index in [9.17, 15) is 0 Å². The molecule has 4 aromatic rings. The number of methoxy groups -OCH3 is 3. The average molecular weight is 440 g/mol. The molecule has 4 rings (SSSR count). The van der Waals surface area contributed by atoms with Crippen LogP contribution in [0, 0.1) is 0 Å². The summed E-state index contributed by atoms with van der Waals surface area (Å²) in [6.07, 6.45) is 0.481. The Morgan fingerprint density at radius 2 is 1.65 bits per heavy atom. The highest BCUT2D eigenvalue weighted by Crippen LogP contribution is 2.29. The minimum absolute atomic E-state index is 0.412. The van der Waals surface area contributed by atoms with Gasteiger partial charge in [0.2, 0.25) is 17.7 Å². The van der Waals surface area contributed by atoms with Crippen molar-refractivity contribution < 1.29 is 23.0 Å². The SMILES string of the molecule is COc1cccc(-c2nnc(CSc3nnc(Cc4ccc(OC)c(OC)c4)o3)o2)c1. The molecule has 0 amide bonds. The van der Waals surface area contributed by atoms with Crippen LogP contribution in [-0.4, -0.2) is 41.7 Å². The van der Waals surface area contributed by atoms with E-state index in [4.69, 9.17) is 23.0 Å². The first-order valence-corrected chi connectivity index (χ1v) is 10.3. The standard InChI is InChI=1S/C21H20N4O5S/c1-26-15-6-4-5-14(11-15)20-24-23-19(29-20)12-31-21-25-22-18(30-21)10-13-7-8-16(27-2)17(9-13)28-3/h4-9,11H,10,12H2,1-3H3. The zero-order valence-corrected chi connectivity index (χ0v) is 18.0. The lowest BCUT2D eigenvalue weighted by atomic mass is 10.1. The number of benzene rings is 2. The number of nitrogens with zero attached hydrogens (tertiary/aromatic N) is 4. The largest absolute Gasteiger partial charge is 0.497 e. The summed E-state index contributed by atoms with van der Waals surface area (Å²) < 4.78 is 27.3.